The second-order valence-electron chi connectivity index (χ2n) is 6.18. The van der Waals surface area contributed by atoms with Gasteiger partial charge in [-0.15, -0.1) is 0 Å². The van der Waals surface area contributed by atoms with E-state index in [0.717, 1.165) is 29.7 Å². The van der Waals surface area contributed by atoms with Crippen molar-refractivity contribution in [1.82, 2.24) is 4.90 Å². The van der Waals surface area contributed by atoms with Crippen molar-refractivity contribution in [1.29, 1.82) is 0 Å². The van der Waals surface area contributed by atoms with Gasteiger partial charge in [0.15, 0.2) is 0 Å². The third-order valence-electron chi connectivity index (χ3n) is 4.59. The third kappa shape index (κ3) is 2.46. The zero-order chi connectivity index (χ0) is 16.7. The number of benzene rings is 2. The van der Waals surface area contributed by atoms with Gasteiger partial charge in [0.1, 0.15) is 17.7 Å². The van der Waals surface area contributed by atoms with Gasteiger partial charge >= 0.3 is 0 Å². The van der Waals surface area contributed by atoms with Crippen LogP contribution >= 0.6 is 0 Å². The first-order valence-electron chi connectivity index (χ1n) is 8.12. The second kappa shape index (κ2) is 5.74. The highest BCUT2D eigenvalue weighted by atomic mass is 16.5. The summed E-state index contributed by atoms with van der Waals surface area (Å²) in [6.07, 6.45) is 1.88. The van der Waals surface area contributed by atoms with E-state index in [1.807, 2.05) is 47.4 Å². The van der Waals surface area contributed by atoms with Crippen LogP contribution in [0.2, 0.25) is 0 Å². The molecule has 5 heteroatoms. The molecule has 0 saturated heterocycles. The van der Waals surface area contributed by atoms with Crippen LogP contribution in [0.3, 0.4) is 0 Å². The number of fused-ring (bicyclic) bond motifs is 1. The maximum atomic E-state index is 13.0. The molecule has 1 atom stereocenters. The smallest absolute Gasteiger partial charge is 0.258 e. The first-order chi connectivity index (χ1) is 11.7. The minimum atomic E-state index is -0.219. The predicted molar refractivity (Wildman–Crippen MR) is 91.5 cm³/mol. The quantitative estimate of drug-likeness (QED) is 0.936. The molecule has 24 heavy (non-hydrogen) atoms. The first kappa shape index (κ1) is 14.9. The van der Waals surface area contributed by atoms with Crippen molar-refractivity contribution in [2.24, 2.45) is 0 Å². The second-order valence-corrected chi connectivity index (χ2v) is 6.18. The summed E-state index contributed by atoms with van der Waals surface area (Å²) in [5.41, 5.74) is 2.56. The van der Waals surface area contributed by atoms with E-state index in [9.17, 15) is 4.79 Å². The van der Waals surface area contributed by atoms with Gasteiger partial charge in [0.25, 0.3) is 5.91 Å². The van der Waals surface area contributed by atoms with Crippen molar-refractivity contribution in [3.63, 3.8) is 0 Å². The third-order valence-corrected chi connectivity index (χ3v) is 4.59. The normalized spacial score (nSPS) is 19.5. The molecule has 1 amide bonds. The SMILES string of the molecule is COc1cc(OC)cc([C@@H]2Nc3ccccc3C(=O)N2C2CC2)c1. The largest absolute Gasteiger partial charge is 0.497 e. The minimum absolute atomic E-state index is 0.0821. The lowest BCUT2D eigenvalue weighted by Gasteiger charge is -2.38. The van der Waals surface area contributed by atoms with E-state index in [2.05, 4.69) is 5.32 Å². The number of para-hydroxylation sites is 1. The molecule has 1 aliphatic heterocycles. The molecule has 2 aromatic rings. The lowest BCUT2D eigenvalue weighted by atomic mass is 10.0. The van der Waals surface area contributed by atoms with Gasteiger partial charge in [-0.1, -0.05) is 12.1 Å². The van der Waals surface area contributed by atoms with E-state index in [1.54, 1.807) is 14.2 Å². The Kier molecular flexibility index (Phi) is 3.56. The molecule has 5 nitrogen and oxygen atoms in total. The number of carbonyl (C=O) groups excluding carboxylic acids is 1. The maximum Gasteiger partial charge on any atom is 0.258 e. The number of rotatable bonds is 4. The molecule has 124 valence electrons. The summed E-state index contributed by atoms with van der Waals surface area (Å²) < 4.78 is 10.8. The van der Waals surface area contributed by atoms with Gasteiger partial charge in [0.05, 0.1) is 19.8 Å². The molecule has 0 spiro atoms. The molecule has 2 aromatic carbocycles. The molecule has 4 rings (SSSR count). The van der Waals surface area contributed by atoms with Crippen molar-refractivity contribution >= 4 is 11.6 Å². The van der Waals surface area contributed by atoms with E-state index in [1.165, 1.54) is 0 Å². The van der Waals surface area contributed by atoms with Gasteiger partial charge in [-0.05, 0) is 37.1 Å². The van der Waals surface area contributed by atoms with Crippen LogP contribution in [0.15, 0.2) is 42.5 Å². The van der Waals surface area contributed by atoms with Crippen molar-refractivity contribution < 1.29 is 14.3 Å². The Morgan fingerprint density at radius 1 is 1.04 bits per heavy atom. The topological polar surface area (TPSA) is 50.8 Å². The number of ether oxygens (including phenoxy) is 2. The number of methoxy groups -OCH3 is 2. The summed E-state index contributed by atoms with van der Waals surface area (Å²) in [7, 11) is 3.26. The molecule has 0 radical (unpaired) electrons. The summed E-state index contributed by atoms with van der Waals surface area (Å²) in [5.74, 6) is 1.51. The van der Waals surface area contributed by atoms with Gasteiger partial charge in [-0.25, -0.2) is 0 Å². The van der Waals surface area contributed by atoms with E-state index in [-0.39, 0.29) is 12.1 Å². The Balaban J connectivity index is 1.80. The number of hydrogen-bond acceptors (Lipinski definition) is 4. The first-order valence-corrected chi connectivity index (χ1v) is 8.12. The molecule has 1 N–H and O–H groups in total. The average Bonchev–Trinajstić information content (AvgIpc) is 3.46. The summed E-state index contributed by atoms with van der Waals surface area (Å²) in [5, 5.41) is 3.51. The molecule has 1 heterocycles. The van der Waals surface area contributed by atoms with Gasteiger partial charge in [-0.3, -0.25) is 4.79 Å². The number of amides is 1. The molecule has 0 bridgehead atoms. The van der Waals surface area contributed by atoms with Crippen LogP contribution < -0.4 is 14.8 Å². The average molecular weight is 324 g/mol. The Morgan fingerprint density at radius 2 is 1.71 bits per heavy atom. The lowest BCUT2D eigenvalue weighted by molar-refractivity contribution is 0.0666. The van der Waals surface area contributed by atoms with Gasteiger partial charge in [0, 0.05) is 23.4 Å². The Hall–Kier alpha value is -2.69. The highest BCUT2D eigenvalue weighted by Crippen LogP contribution is 2.42. The lowest BCUT2D eigenvalue weighted by Crippen LogP contribution is -2.44. The minimum Gasteiger partial charge on any atom is -0.497 e. The number of hydrogen-bond donors (Lipinski definition) is 1. The van der Waals surface area contributed by atoms with Gasteiger partial charge in [-0.2, -0.15) is 0 Å². The van der Waals surface area contributed by atoms with Gasteiger partial charge < -0.3 is 19.7 Å². The molecule has 1 saturated carbocycles. The Morgan fingerprint density at radius 3 is 2.33 bits per heavy atom. The summed E-state index contributed by atoms with van der Waals surface area (Å²) in [6.45, 7) is 0. The molecule has 0 unspecified atom stereocenters. The monoisotopic (exact) mass is 324 g/mol. The Bertz CT molecular complexity index is 764. The van der Waals surface area contributed by atoms with Gasteiger partial charge in [0.2, 0.25) is 0 Å². The number of nitrogens with zero attached hydrogens (tertiary/aromatic N) is 1. The number of carbonyl (C=O) groups is 1. The zero-order valence-electron chi connectivity index (χ0n) is 13.8. The standard InChI is InChI=1S/C19H20N2O3/c1-23-14-9-12(10-15(11-14)24-2)18-20-17-6-4-3-5-16(17)19(22)21(18)13-7-8-13/h3-6,9-11,13,18,20H,7-8H2,1-2H3/t18-/m1/s1. The van der Waals surface area contributed by atoms with Crippen LogP contribution in [0.5, 0.6) is 11.5 Å². The van der Waals surface area contributed by atoms with Crippen molar-refractivity contribution in [2.75, 3.05) is 19.5 Å². The van der Waals surface area contributed by atoms with Crippen LogP contribution in [-0.4, -0.2) is 31.1 Å². The number of anilines is 1. The van der Waals surface area contributed by atoms with E-state index < -0.39 is 0 Å². The number of nitrogens with one attached hydrogen (secondary N) is 1. The highest BCUT2D eigenvalue weighted by molar-refractivity contribution is 6.02. The molecule has 1 aliphatic carbocycles. The van der Waals surface area contributed by atoms with Crippen molar-refractivity contribution in [2.45, 2.75) is 25.0 Å². The predicted octanol–water partition coefficient (Wildman–Crippen LogP) is 3.43. The summed E-state index contributed by atoms with van der Waals surface area (Å²) >= 11 is 0. The molecule has 0 aromatic heterocycles. The highest BCUT2D eigenvalue weighted by Gasteiger charge is 2.42. The zero-order valence-corrected chi connectivity index (χ0v) is 13.8. The van der Waals surface area contributed by atoms with E-state index in [0.29, 0.717) is 17.5 Å². The van der Waals surface area contributed by atoms with Crippen LogP contribution in [0, 0.1) is 0 Å². The summed E-state index contributed by atoms with van der Waals surface area (Å²) in [4.78, 5) is 15.0. The summed E-state index contributed by atoms with van der Waals surface area (Å²) in [6, 6.07) is 13.7. The van der Waals surface area contributed by atoms with Crippen LogP contribution in [0.1, 0.15) is 34.9 Å². The van der Waals surface area contributed by atoms with Crippen LogP contribution in [0.4, 0.5) is 5.69 Å². The molecular weight excluding hydrogens is 304 g/mol. The van der Waals surface area contributed by atoms with Crippen molar-refractivity contribution in [3.8, 4) is 11.5 Å². The van der Waals surface area contributed by atoms with Crippen LogP contribution in [-0.2, 0) is 0 Å². The maximum absolute atomic E-state index is 13.0. The molecule has 1 fully saturated rings. The van der Waals surface area contributed by atoms with E-state index in [4.69, 9.17) is 9.47 Å². The fraction of sp³-hybridized carbons (Fsp3) is 0.316. The van der Waals surface area contributed by atoms with Crippen LogP contribution in [0.25, 0.3) is 0 Å². The van der Waals surface area contributed by atoms with Crippen molar-refractivity contribution in [3.05, 3.63) is 53.6 Å². The van der Waals surface area contributed by atoms with E-state index >= 15 is 0 Å². The molecule has 2 aliphatic rings. The fourth-order valence-corrected chi connectivity index (χ4v) is 3.23. The molecular formula is C19H20N2O3. The Labute approximate surface area is 141 Å². The fourth-order valence-electron chi connectivity index (χ4n) is 3.23.